The average Bonchev–Trinajstić information content (AvgIpc) is 2.92. The lowest BCUT2D eigenvalue weighted by molar-refractivity contribution is 0.327. The van der Waals surface area contributed by atoms with Crippen LogP contribution in [0.2, 0.25) is 0 Å². The van der Waals surface area contributed by atoms with E-state index in [1.54, 1.807) is 11.3 Å². The van der Waals surface area contributed by atoms with E-state index in [9.17, 15) is 0 Å². The van der Waals surface area contributed by atoms with Crippen molar-refractivity contribution in [2.75, 3.05) is 11.9 Å². The molecule has 0 fully saturated rings. The normalized spacial score (nSPS) is 12.1. The molecule has 0 aromatic carbocycles. The zero-order valence-electron chi connectivity index (χ0n) is 10.7. The molecule has 2 rings (SSSR count). The van der Waals surface area contributed by atoms with Crippen molar-refractivity contribution in [3.05, 3.63) is 40.7 Å². The van der Waals surface area contributed by atoms with Crippen LogP contribution < -0.4 is 10.1 Å². The lowest BCUT2D eigenvalue weighted by Gasteiger charge is -2.16. The lowest BCUT2D eigenvalue weighted by atomic mass is 10.2. The van der Waals surface area contributed by atoms with Crippen molar-refractivity contribution in [2.45, 2.75) is 26.3 Å². The van der Waals surface area contributed by atoms with Crippen LogP contribution in [0.15, 0.2) is 35.8 Å². The molecule has 0 saturated heterocycles. The predicted molar refractivity (Wildman–Crippen MR) is 76.4 cm³/mol. The Balaban J connectivity index is 2.03. The molecule has 2 aromatic rings. The first-order valence-corrected chi connectivity index (χ1v) is 7.10. The summed E-state index contributed by atoms with van der Waals surface area (Å²) in [5.74, 6) is 0.673. The fourth-order valence-corrected chi connectivity index (χ4v) is 2.63. The summed E-state index contributed by atoms with van der Waals surface area (Å²) >= 11 is 1.78. The third kappa shape index (κ3) is 3.23. The van der Waals surface area contributed by atoms with Gasteiger partial charge in [-0.2, -0.15) is 0 Å². The molecule has 1 atom stereocenters. The Labute approximate surface area is 112 Å². The van der Waals surface area contributed by atoms with E-state index in [1.807, 2.05) is 25.3 Å². The lowest BCUT2D eigenvalue weighted by Crippen LogP contribution is -2.08. The maximum atomic E-state index is 5.33. The smallest absolute Gasteiger partial charge is 0.213 e. The SMILES string of the molecule is CCOc1ccc(NC(CC)c2cccs2)cn1. The summed E-state index contributed by atoms with van der Waals surface area (Å²) in [5.41, 5.74) is 1.03. The minimum Gasteiger partial charge on any atom is -0.478 e. The molecule has 4 heteroatoms. The van der Waals surface area contributed by atoms with Crippen LogP contribution in [0.1, 0.15) is 31.2 Å². The summed E-state index contributed by atoms with van der Waals surface area (Å²) in [6, 6.07) is 8.50. The van der Waals surface area contributed by atoms with Crippen molar-refractivity contribution in [1.29, 1.82) is 0 Å². The Hall–Kier alpha value is -1.55. The second-order valence-corrected chi connectivity index (χ2v) is 4.92. The largest absolute Gasteiger partial charge is 0.478 e. The highest BCUT2D eigenvalue weighted by molar-refractivity contribution is 7.10. The van der Waals surface area contributed by atoms with Gasteiger partial charge in [0, 0.05) is 10.9 Å². The first kappa shape index (κ1) is 12.9. The molecule has 0 aliphatic rings. The number of ether oxygens (including phenoxy) is 1. The number of nitrogens with zero attached hydrogens (tertiary/aromatic N) is 1. The zero-order valence-corrected chi connectivity index (χ0v) is 11.5. The average molecular weight is 262 g/mol. The summed E-state index contributed by atoms with van der Waals surface area (Å²) in [5, 5.41) is 5.60. The van der Waals surface area contributed by atoms with E-state index in [0.29, 0.717) is 18.5 Å². The van der Waals surface area contributed by atoms with Gasteiger partial charge in [0.25, 0.3) is 0 Å². The highest BCUT2D eigenvalue weighted by Crippen LogP contribution is 2.26. The summed E-state index contributed by atoms with van der Waals surface area (Å²) in [6.45, 7) is 4.78. The topological polar surface area (TPSA) is 34.1 Å². The van der Waals surface area contributed by atoms with E-state index in [1.165, 1.54) is 4.88 Å². The Morgan fingerprint density at radius 3 is 2.78 bits per heavy atom. The molecule has 2 heterocycles. The van der Waals surface area contributed by atoms with E-state index in [-0.39, 0.29) is 0 Å². The van der Waals surface area contributed by atoms with Gasteiger partial charge in [0.05, 0.1) is 24.5 Å². The van der Waals surface area contributed by atoms with Gasteiger partial charge in [-0.25, -0.2) is 4.98 Å². The second-order valence-electron chi connectivity index (χ2n) is 3.94. The Morgan fingerprint density at radius 1 is 1.33 bits per heavy atom. The maximum Gasteiger partial charge on any atom is 0.213 e. The molecule has 1 unspecified atom stereocenters. The number of nitrogens with one attached hydrogen (secondary N) is 1. The molecular weight excluding hydrogens is 244 g/mol. The molecule has 1 N–H and O–H groups in total. The molecule has 96 valence electrons. The van der Waals surface area contributed by atoms with Crippen molar-refractivity contribution >= 4 is 17.0 Å². The fraction of sp³-hybridized carbons (Fsp3) is 0.357. The zero-order chi connectivity index (χ0) is 12.8. The van der Waals surface area contributed by atoms with E-state index in [0.717, 1.165) is 12.1 Å². The molecule has 2 aromatic heterocycles. The molecule has 0 spiro atoms. The quantitative estimate of drug-likeness (QED) is 0.851. The Kier molecular flexibility index (Phi) is 4.59. The summed E-state index contributed by atoms with van der Waals surface area (Å²) in [4.78, 5) is 5.61. The van der Waals surface area contributed by atoms with E-state index < -0.39 is 0 Å². The minimum atomic E-state index is 0.352. The van der Waals surface area contributed by atoms with Crippen LogP contribution in [-0.4, -0.2) is 11.6 Å². The first-order valence-electron chi connectivity index (χ1n) is 6.22. The summed E-state index contributed by atoms with van der Waals surface area (Å²) < 4.78 is 5.33. The molecule has 0 aliphatic heterocycles. The van der Waals surface area contributed by atoms with E-state index in [4.69, 9.17) is 4.74 Å². The van der Waals surface area contributed by atoms with Crippen LogP contribution in [0.5, 0.6) is 5.88 Å². The van der Waals surface area contributed by atoms with Gasteiger partial charge in [-0.05, 0) is 30.9 Å². The van der Waals surface area contributed by atoms with Crippen molar-refractivity contribution in [2.24, 2.45) is 0 Å². The molecule has 0 bridgehead atoms. The summed E-state index contributed by atoms with van der Waals surface area (Å²) in [7, 11) is 0. The predicted octanol–water partition coefficient (Wildman–Crippen LogP) is 4.11. The van der Waals surface area contributed by atoms with Crippen LogP contribution in [0.25, 0.3) is 0 Å². The number of rotatable bonds is 6. The van der Waals surface area contributed by atoms with Crippen LogP contribution in [-0.2, 0) is 0 Å². The number of pyridine rings is 1. The molecule has 3 nitrogen and oxygen atoms in total. The molecule has 0 radical (unpaired) electrons. The van der Waals surface area contributed by atoms with Gasteiger partial charge in [-0.1, -0.05) is 13.0 Å². The van der Waals surface area contributed by atoms with E-state index in [2.05, 4.69) is 34.7 Å². The second kappa shape index (κ2) is 6.40. The molecule has 18 heavy (non-hydrogen) atoms. The van der Waals surface area contributed by atoms with Crippen LogP contribution in [0.4, 0.5) is 5.69 Å². The number of hydrogen-bond acceptors (Lipinski definition) is 4. The van der Waals surface area contributed by atoms with Gasteiger partial charge >= 0.3 is 0 Å². The van der Waals surface area contributed by atoms with Gasteiger partial charge in [0.1, 0.15) is 0 Å². The fourth-order valence-electron chi connectivity index (χ4n) is 1.76. The van der Waals surface area contributed by atoms with Crippen molar-refractivity contribution in [3.63, 3.8) is 0 Å². The number of aromatic nitrogens is 1. The molecule has 0 amide bonds. The highest BCUT2D eigenvalue weighted by atomic mass is 32.1. The number of thiophene rings is 1. The molecule has 0 aliphatic carbocycles. The summed E-state index contributed by atoms with van der Waals surface area (Å²) in [6.07, 6.45) is 2.87. The van der Waals surface area contributed by atoms with E-state index >= 15 is 0 Å². The van der Waals surface area contributed by atoms with Gasteiger partial charge in [-0.15, -0.1) is 11.3 Å². The van der Waals surface area contributed by atoms with Crippen LogP contribution >= 0.6 is 11.3 Å². The first-order chi connectivity index (χ1) is 8.83. The van der Waals surface area contributed by atoms with Crippen molar-refractivity contribution in [3.8, 4) is 5.88 Å². The van der Waals surface area contributed by atoms with Gasteiger partial charge in [-0.3, -0.25) is 0 Å². The van der Waals surface area contributed by atoms with Gasteiger partial charge < -0.3 is 10.1 Å². The number of hydrogen-bond donors (Lipinski definition) is 1. The third-order valence-corrected chi connectivity index (χ3v) is 3.65. The van der Waals surface area contributed by atoms with Gasteiger partial charge in [0.15, 0.2) is 0 Å². The molecule has 0 saturated carbocycles. The van der Waals surface area contributed by atoms with Crippen molar-refractivity contribution in [1.82, 2.24) is 4.98 Å². The maximum absolute atomic E-state index is 5.33. The number of anilines is 1. The Morgan fingerprint density at radius 2 is 2.22 bits per heavy atom. The van der Waals surface area contributed by atoms with Crippen LogP contribution in [0.3, 0.4) is 0 Å². The van der Waals surface area contributed by atoms with Crippen LogP contribution in [0, 0.1) is 0 Å². The van der Waals surface area contributed by atoms with Crippen molar-refractivity contribution < 1.29 is 4.74 Å². The Bertz CT molecular complexity index is 453. The standard InChI is InChI=1S/C14H18N2OS/c1-3-12(13-6-5-9-18-13)16-11-7-8-14(15-10-11)17-4-2/h5-10,12,16H,3-4H2,1-2H3. The third-order valence-electron chi connectivity index (χ3n) is 2.66. The minimum absolute atomic E-state index is 0.352. The molecular formula is C14H18N2OS. The monoisotopic (exact) mass is 262 g/mol. The highest BCUT2D eigenvalue weighted by Gasteiger charge is 2.10. The van der Waals surface area contributed by atoms with Gasteiger partial charge in [0.2, 0.25) is 5.88 Å².